The van der Waals surface area contributed by atoms with E-state index in [-0.39, 0.29) is 6.61 Å². The molecular weight excluding hydrogens is 232 g/mol. The molecule has 1 fully saturated rings. The predicted octanol–water partition coefficient (Wildman–Crippen LogP) is -0.732. The van der Waals surface area contributed by atoms with Crippen LogP contribution in [0.4, 0.5) is 0 Å². The summed E-state index contributed by atoms with van der Waals surface area (Å²) in [5.74, 6) is 0. The molecule has 1 unspecified atom stereocenters. The maximum absolute atomic E-state index is 11.3. The van der Waals surface area contributed by atoms with Crippen LogP contribution in [0.5, 0.6) is 0 Å². The van der Waals surface area contributed by atoms with Crippen LogP contribution in [0.15, 0.2) is 0 Å². The summed E-state index contributed by atoms with van der Waals surface area (Å²) in [6.07, 6.45) is 1.54. The molecule has 16 heavy (non-hydrogen) atoms. The number of hydrogen-bond acceptors (Lipinski definition) is 5. The number of aliphatic hydroxyl groups excluding tert-OH is 1. The Morgan fingerprint density at radius 1 is 1.25 bits per heavy atom. The minimum Gasteiger partial charge on any atom is -0.396 e. The molecule has 1 saturated heterocycles. The van der Waals surface area contributed by atoms with Gasteiger partial charge in [0, 0.05) is 32.8 Å². The molecule has 1 atom stereocenters. The van der Waals surface area contributed by atoms with Crippen LogP contribution in [0.1, 0.15) is 19.3 Å². The van der Waals surface area contributed by atoms with Crippen LogP contribution in [0.25, 0.3) is 0 Å². The monoisotopic (exact) mass is 252 g/mol. The molecule has 0 aliphatic carbocycles. The standard InChI is InChI=1S/C9H20N2O4S/c12-8-2-1-3-9(16(13,14)15)11-6-4-10-5-7-11/h9-10,12H,1-8H2,(H,13,14,15). The van der Waals surface area contributed by atoms with E-state index in [2.05, 4.69) is 5.32 Å². The molecule has 0 spiro atoms. The van der Waals surface area contributed by atoms with E-state index in [1.54, 1.807) is 4.90 Å². The fourth-order valence-electron chi connectivity index (χ4n) is 1.92. The van der Waals surface area contributed by atoms with Gasteiger partial charge in [-0.2, -0.15) is 8.42 Å². The third-order valence-electron chi connectivity index (χ3n) is 2.76. The molecule has 0 bridgehead atoms. The third-order valence-corrected chi connectivity index (χ3v) is 3.98. The van der Waals surface area contributed by atoms with E-state index in [0.29, 0.717) is 32.4 Å². The summed E-state index contributed by atoms with van der Waals surface area (Å²) >= 11 is 0. The Balaban J connectivity index is 2.55. The smallest absolute Gasteiger partial charge is 0.281 e. The normalized spacial score (nSPS) is 20.9. The van der Waals surface area contributed by atoms with Gasteiger partial charge in [0.25, 0.3) is 10.1 Å². The van der Waals surface area contributed by atoms with Crippen LogP contribution in [0.2, 0.25) is 0 Å². The van der Waals surface area contributed by atoms with Crippen molar-refractivity contribution >= 4 is 10.1 Å². The molecule has 0 aromatic heterocycles. The lowest BCUT2D eigenvalue weighted by Crippen LogP contribution is -2.51. The Kier molecular flexibility index (Phi) is 5.63. The number of hydrogen-bond donors (Lipinski definition) is 3. The molecule has 7 heteroatoms. The molecule has 1 rings (SSSR count). The van der Waals surface area contributed by atoms with Crippen molar-refractivity contribution < 1.29 is 18.1 Å². The van der Waals surface area contributed by atoms with Crippen LogP contribution in [-0.2, 0) is 10.1 Å². The molecule has 0 radical (unpaired) electrons. The molecule has 1 aliphatic rings. The fourth-order valence-corrected chi connectivity index (χ4v) is 2.97. The van der Waals surface area contributed by atoms with Gasteiger partial charge in [0.15, 0.2) is 0 Å². The molecular formula is C9H20N2O4S. The highest BCUT2D eigenvalue weighted by atomic mass is 32.2. The molecule has 6 nitrogen and oxygen atoms in total. The largest absolute Gasteiger partial charge is 0.396 e. The van der Waals surface area contributed by atoms with E-state index < -0.39 is 15.5 Å². The van der Waals surface area contributed by atoms with Crippen LogP contribution in [0, 0.1) is 0 Å². The first-order valence-electron chi connectivity index (χ1n) is 5.57. The molecule has 3 N–H and O–H groups in total. The van der Waals surface area contributed by atoms with Crippen molar-refractivity contribution in [3.8, 4) is 0 Å². The zero-order chi connectivity index (χ0) is 12.0. The Morgan fingerprint density at radius 2 is 1.88 bits per heavy atom. The Bertz CT molecular complexity index is 288. The first-order chi connectivity index (χ1) is 7.55. The second-order valence-corrected chi connectivity index (χ2v) is 5.55. The Labute approximate surface area is 96.4 Å². The second-order valence-electron chi connectivity index (χ2n) is 3.97. The Morgan fingerprint density at radius 3 is 2.38 bits per heavy atom. The van der Waals surface area contributed by atoms with Gasteiger partial charge in [-0.15, -0.1) is 0 Å². The second kappa shape index (κ2) is 6.51. The van der Waals surface area contributed by atoms with Crippen molar-refractivity contribution in [1.82, 2.24) is 10.2 Å². The highest BCUT2D eigenvalue weighted by Gasteiger charge is 2.29. The first kappa shape index (κ1) is 13.9. The highest BCUT2D eigenvalue weighted by molar-refractivity contribution is 7.86. The number of nitrogens with zero attached hydrogens (tertiary/aromatic N) is 1. The van der Waals surface area contributed by atoms with E-state index in [9.17, 15) is 13.0 Å². The minimum absolute atomic E-state index is 0.0553. The summed E-state index contributed by atoms with van der Waals surface area (Å²) in [6, 6.07) is 0. The molecule has 0 saturated carbocycles. The SMILES string of the molecule is O=S(=O)(O)C(CCCCO)N1CCNCC1. The van der Waals surface area contributed by atoms with Gasteiger partial charge in [0.05, 0.1) is 0 Å². The van der Waals surface area contributed by atoms with E-state index in [1.807, 2.05) is 0 Å². The van der Waals surface area contributed by atoms with Crippen molar-refractivity contribution in [2.24, 2.45) is 0 Å². The number of rotatable bonds is 6. The average molecular weight is 252 g/mol. The number of nitrogens with one attached hydrogen (secondary N) is 1. The molecule has 0 amide bonds. The molecule has 0 aromatic carbocycles. The predicted molar refractivity (Wildman–Crippen MR) is 60.7 cm³/mol. The number of piperazine rings is 1. The van der Waals surface area contributed by atoms with Gasteiger partial charge in [0.2, 0.25) is 0 Å². The number of unbranched alkanes of at least 4 members (excludes halogenated alkanes) is 1. The summed E-state index contributed by atoms with van der Waals surface area (Å²) in [6.45, 7) is 2.80. The minimum atomic E-state index is -4.03. The van der Waals surface area contributed by atoms with Gasteiger partial charge >= 0.3 is 0 Å². The lowest BCUT2D eigenvalue weighted by molar-refractivity contribution is 0.196. The van der Waals surface area contributed by atoms with Gasteiger partial charge in [-0.05, 0) is 19.3 Å². The van der Waals surface area contributed by atoms with E-state index in [4.69, 9.17) is 5.11 Å². The van der Waals surface area contributed by atoms with Crippen LogP contribution in [0.3, 0.4) is 0 Å². The Hall–Kier alpha value is -0.210. The van der Waals surface area contributed by atoms with Gasteiger partial charge in [-0.1, -0.05) is 0 Å². The van der Waals surface area contributed by atoms with Crippen molar-refractivity contribution in [2.45, 2.75) is 24.6 Å². The summed E-state index contributed by atoms with van der Waals surface area (Å²) in [5.41, 5.74) is 0. The van der Waals surface area contributed by atoms with E-state index >= 15 is 0 Å². The average Bonchev–Trinajstić information content (AvgIpc) is 2.24. The summed E-state index contributed by atoms with van der Waals surface area (Å²) in [5, 5.41) is 11.0. The number of aliphatic hydroxyl groups is 1. The lowest BCUT2D eigenvalue weighted by Gasteiger charge is -2.32. The van der Waals surface area contributed by atoms with Crippen LogP contribution >= 0.6 is 0 Å². The summed E-state index contributed by atoms with van der Waals surface area (Å²) in [7, 11) is -4.03. The zero-order valence-electron chi connectivity index (χ0n) is 9.30. The van der Waals surface area contributed by atoms with E-state index in [0.717, 1.165) is 13.1 Å². The summed E-state index contributed by atoms with van der Waals surface area (Å²) in [4.78, 5) is 1.78. The fraction of sp³-hybridized carbons (Fsp3) is 1.00. The van der Waals surface area contributed by atoms with Crippen molar-refractivity contribution in [2.75, 3.05) is 32.8 Å². The summed E-state index contributed by atoms with van der Waals surface area (Å²) < 4.78 is 31.7. The van der Waals surface area contributed by atoms with Crippen LogP contribution < -0.4 is 5.32 Å². The quantitative estimate of drug-likeness (QED) is 0.426. The molecule has 1 aliphatic heterocycles. The maximum atomic E-state index is 11.3. The van der Waals surface area contributed by atoms with Crippen LogP contribution in [-0.4, -0.2) is 61.1 Å². The van der Waals surface area contributed by atoms with Gasteiger partial charge in [-0.3, -0.25) is 9.45 Å². The zero-order valence-corrected chi connectivity index (χ0v) is 10.1. The van der Waals surface area contributed by atoms with Gasteiger partial charge in [-0.25, -0.2) is 0 Å². The molecule has 96 valence electrons. The highest BCUT2D eigenvalue weighted by Crippen LogP contribution is 2.14. The van der Waals surface area contributed by atoms with Gasteiger partial charge in [0.1, 0.15) is 5.37 Å². The van der Waals surface area contributed by atoms with E-state index in [1.165, 1.54) is 0 Å². The third kappa shape index (κ3) is 4.34. The van der Waals surface area contributed by atoms with Crippen molar-refractivity contribution in [3.05, 3.63) is 0 Å². The maximum Gasteiger partial charge on any atom is 0.281 e. The topological polar surface area (TPSA) is 89.9 Å². The first-order valence-corrected chi connectivity index (χ1v) is 7.08. The molecule has 0 aromatic rings. The molecule has 1 heterocycles. The van der Waals surface area contributed by atoms with Crippen molar-refractivity contribution in [1.29, 1.82) is 0 Å². The van der Waals surface area contributed by atoms with Gasteiger partial charge < -0.3 is 10.4 Å². The van der Waals surface area contributed by atoms with Crippen molar-refractivity contribution in [3.63, 3.8) is 0 Å². The lowest BCUT2D eigenvalue weighted by atomic mass is 10.2.